The van der Waals surface area contributed by atoms with E-state index in [-0.39, 0.29) is 13.1 Å². The van der Waals surface area contributed by atoms with Crippen molar-refractivity contribution in [1.29, 1.82) is 0 Å². The minimum atomic E-state index is -3.60. The van der Waals surface area contributed by atoms with E-state index >= 15 is 0 Å². The third-order valence-corrected chi connectivity index (χ3v) is 6.06. The first-order valence-corrected chi connectivity index (χ1v) is 10.0. The lowest BCUT2D eigenvalue weighted by Crippen LogP contribution is -2.42. The molecular formula is C12H20ClN3O4S2. The fourth-order valence-corrected chi connectivity index (χ4v) is 3.33. The highest BCUT2D eigenvalue weighted by Crippen LogP contribution is 2.24. The van der Waals surface area contributed by atoms with Crippen LogP contribution in [0, 0.1) is 6.92 Å². The van der Waals surface area contributed by atoms with Gasteiger partial charge in [0.05, 0.1) is 11.9 Å². The number of aryl methyl sites for hydroxylation is 1. The van der Waals surface area contributed by atoms with Gasteiger partial charge in [-0.05, 0) is 24.6 Å². The standard InChI is InChI=1S/C12H20ClN3O4S2/c1-10-5-6-11(9-12(10)13)16(21(4,17)18)8-7-14-22(19,20)15(2)3/h5-6,9,14H,7-8H2,1-4H3. The molecule has 10 heteroatoms. The van der Waals surface area contributed by atoms with Crippen LogP contribution in [0.15, 0.2) is 18.2 Å². The Morgan fingerprint density at radius 1 is 1.18 bits per heavy atom. The van der Waals surface area contributed by atoms with E-state index in [1.807, 2.05) is 6.92 Å². The van der Waals surface area contributed by atoms with Gasteiger partial charge in [-0.25, -0.2) is 13.1 Å². The second kappa shape index (κ2) is 7.14. The van der Waals surface area contributed by atoms with Gasteiger partial charge in [0.1, 0.15) is 0 Å². The maximum absolute atomic E-state index is 11.9. The molecule has 0 aliphatic rings. The number of halogens is 1. The maximum Gasteiger partial charge on any atom is 0.278 e. The van der Waals surface area contributed by atoms with Crippen molar-refractivity contribution in [1.82, 2.24) is 9.03 Å². The second-order valence-electron chi connectivity index (χ2n) is 4.95. The topological polar surface area (TPSA) is 86.8 Å². The van der Waals surface area contributed by atoms with Crippen LogP contribution in [0.25, 0.3) is 0 Å². The summed E-state index contributed by atoms with van der Waals surface area (Å²) in [5.41, 5.74) is 1.22. The molecule has 0 amide bonds. The van der Waals surface area contributed by atoms with E-state index in [1.54, 1.807) is 18.2 Å². The predicted octanol–water partition coefficient (Wildman–Crippen LogP) is 0.810. The summed E-state index contributed by atoms with van der Waals surface area (Å²) in [4.78, 5) is 0. The molecule has 0 aromatic heterocycles. The van der Waals surface area contributed by atoms with Crippen LogP contribution in [0.2, 0.25) is 5.02 Å². The number of benzene rings is 1. The molecule has 0 heterocycles. The van der Waals surface area contributed by atoms with Gasteiger partial charge in [0.25, 0.3) is 10.2 Å². The average molecular weight is 370 g/mol. The minimum Gasteiger partial charge on any atom is -0.269 e. The van der Waals surface area contributed by atoms with E-state index in [0.29, 0.717) is 10.7 Å². The number of rotatable bonds is 7. The molecule has 0 saturated heterocycles. The molecule has 0 saturated carbocycles. The number of sulfonamides is 1. The van der Waals surface area contributed by atoms with Crippen LogP contribution < -0.4 is 9.03 Å². The van der Waals surface area contributed by atoms with Gasteiger partial charge in [-0.1, -0.05) is 17.7 Å². The van der Waals surface area contributed by atoms with Crippen molar-refractivity contribution in [3.05, 3.63) is 28.8 Å². The third-order valence-electron chi connectivity index (χ3n) is 2.92. The summed E-state index contributed by atoms with van der Waals surface area (Å²) in [6.45, 7) is 1.71. The van der Waals surface area contributed by atoms with Gasteiger partial charge in [0.15, 0.2) is 0 Å². The van der Waals surface area contributed by atoms with Crippen molar-refractivity contribution in [2.75, 3.05) is 37.7 Å². The highest BCUT2D eigenvalue weighted by atomic mass is 35.5. The van der Waals surface area contributed by atoms with Crippen LogP contribution in [0.1, 0.15) is 5.56 Å². The zero-order valence-corrected chi connectivity index (χ0v) is 15.3. The van der Waals surface area contributed by atoms with Crippen LogP contribution >= 0.6 is 11.6 Å². The summed E-state index contributed by atoms with van der Waals surface area (Å²) >= 11 is 6.02. The van der Waals surface area contributed by atoms with Gasteiger partial charge in [0, 0.05) is 32.2 Å². The summed E-state index contributed by atoms with van der Waals surface area (Å²) in [5.74, 6) is 0. The van der Waals surface area contributed by atoms with Crippen LogP contribution in [0.3, 0.4) is 0 Å². The smallest absolute Gasteiger partial charge is 0.269 e. The predicted molar refractivity (Wildman–Crippen MR) is 89.0 cm³/mol. The highest BCUT2D eigenvalue weighted by Gasteiger charge is 2.19. The molecular weight excluding hydrogens is 350 g/mol. The van der Waals surface area contributed by atoms with Crippen molar-refractivity contribution in [3.63, 3.8) is 0 Å². The van der Waals surface area contributed by atoms with E-state index in [9.17, 15) is 16.8 Å². The molecule has 0 atom stereocenters. The average Bonchev–Trinajstić information content (AvgIpc) is 2.36. The highest BCUT2D eigenvalue weighted by molar-refractivity contribution is 7.92. The van der Waals surface area contributed by atoms with Gasteiger partial charge in [-0.15, -0.1) is 0 Å². The lowest BCUT2D eigenvalue weighted by molar-refractivity contribution is 0.506. The quantitative estimate of drug-likeness (QED) is 0.770. The van der Waals surface area contributed by atoms with Crippen molar-refractivity contribution in [2.45, 2.75) is 6.92 Å². The van der Waals surface area contributed by atoms with Crippen LogP contribution in [-0.2, 0) is 20.2 Å². The number of hydrogen-bond acceptors (Lipinski definition) is 4. The molecule has 0 bridgehead atoms. The van der Waals surface area contributed by atoms with Gasteiger partial charge in [-0.2, -0.15) is 12.7 Å². The molecule has 0 spiro atoms. The Hall–Kier alpha value is -0.870. The fourth-order valence-electron chi connectivity index (χ4n) is 1.63. The summed E-state index contributed by atoms with van der Waals surface area (Å²) in [5, 5.41) is 0.444. The Balaban J connectivity index is 2.95. The van der Waals surface area contributed by atoms with E-state index in [4.69, 9.17) is 11.6 Å². The lowest BCUT2D eigenvalue weighted by atomic mass is 10.2. The molecule has 7 nitrogen and oxygen atoms in total. The van der Waals surface area contributed by atoms with Gasteiger partial charge in [-0.3, -0.25) is 4.31 Å². The van der Waals surface area contributed by atoms with Gasteiger partial charge in [0.2, 0.25) is 10.0 Å². The number of anilines is 1. The van der Waals surface area contributed by atoms with Gasteiger partial charge < -0.3 is 0 Å². The SMILES string of the molecule is Cc1ccc(N(CCNS(=O)(=O)N(C)C)S(C)(=O)=O)cc1Cl. The molecule has 1 aromatic rings. The summed E-state index contributed by atoms with van der Waals surface area (Å²) in [6.07, 6.45) is 1.06. The monoisotopic (exact) mass is 369 g/mol. The molecule has 0 radical (unpaired) electrons. The van der Waals surface area contributed by atoms with Gasteiger partial charge >= 0.3 is 0 Å². The molecule has 1 rings (SSSR count). The first-order chi connectivity index (χ1) is 9.95. The van der Waals surface area contributed by atoms with E-state index in [1.165, 1.54) is 14.1 Å². The van der Waals surface area contributed by atoms with Crippen molar-refractivity contribution in [2.24, 2.45) is 0 Å². The summed E-state index contributed by atoms with van der Waals surface area (Å²) in [7, 11) is -4.39. The van der Waals surface area contributed by atoms with Crippen LogP contribution in [-0.4, -0.2) is 54.6 Å². The fraction of sp³-hybridized carbons (Fsp3) is 0.500. The first-order valence-electron chi connectivity index (χ1n) is 6.36. The lowest BCUT2D eigenvalue weighted by Gasteiger charge is -2.23. The molecule has 0 aliphatic heterocycles. The Bertz CT molecular complexity index is 733. The molecule has 0 unspecified atom stereocenters. The number of nitrogens with zero attached hydrogens (tertiary/aromatic N) is 2. The molecule has 22 heavy (non-hydrogen) atoms. The number of hydrogen-bond donors (Lipinski definition) is 1. The Morgan fingerprint density at radius 2 is 1.77 bits per heavy atom. The largest absolute Gasteiger partial charge is 0.278 e. The maximum atomic E-state index is 11.9. The normalized spacial score (nSPS) is 12.6. The van der Waals surface area contributed by atoms with E-state index < -0.39 is 20.2 Å². The van der Waals surface area contributed by atoms with E-state index in [2.05, 4.69) is 4.72 Å². The summed E-state index contributed by atoms with van der Waals surface area (Å²) in [6, 6.07) is 4.88. The molecule has 126 valence electrons. The van der Waals surface area contributed by atoms with Crippen molar-refractivity contribution >= 4 is 37.5 Å². The van der Waals surface area contributed by atoms with Crippen molar-refractivity contribution < 1.29 is 16.8 Å². The van der Waals surface area contributed by atoms with E-state index in [0.717, 1.165) is 20.4 Å². The minimum absolute atomic E-state index is 0.0364. The Labute approximate surface area is 137 Å². The zero-order chi connectivity index (χ0) is 17.1. The van der Waals surface area contributed by atoms with Crippen LogP contribution in [0.4, 0.5) is 5.69 Å². The zero-order valence-electron chi connectivity index (χ0n) is 12.9. The summed E-state index contributed by atoms with van der Waals surface area (Å²) < 4.78 is 51.5. The number of nitrogens with one attached hydrogen (secondary N) is 1. The van der Waals surface area contributed by atoms with Crippen molar-refractivity contribution in [3.8, 4) is 0 Å². The third kappa shape index (κ3) is 5.10. The first kappa shape index (κ1) is 19.2. The Kier molecular flexibility index (Phi) is 6.22. The Morgan fingerprint density at radius 3 is 2.23 bits per heavy atom. The molecule has 1 N–H and O–H groups in total. The van der Waals surface area contributed by atoms with Crippen LogP contribution in [0.5, 0.6) is 0 Å². The molecule has 1 aromatic carbocycles. The second-order valence-corrected chi connectivity index (χ2v) is 9.23. The molecule has 0 fully saturated rings. The molecule has 0 aliphatic carbocycles.